The third-order valence-electron chi connectivity index (χ3n) is 4.89. The molecule has 0 aliphatic carbocycles. The van der Waals surface area contributed by atoms with E-state index in [1.807, 2.05) is 24.1 Å². The molecule has 2 aliphatic rings. The van der Waals surface area contributed by atoms with Crippen molar-refractivity contribution in [3.63, 3.8) is 0 Å². The van der Waals surface area contributed by atoms with Crippen molar-refractivity contribution >= 4 is 23.6 Å². The molecule has 2 aromatic heterocycles. The lowest BCUT2D eigenvalue weighted by Crippen LogP contribution is -2.81. The van der Waals surface area contributed by atoms with Gasteiger partial charge in [-0.25, -0.2) is 9.69 Å². The van der Waals surface area contributed by atoms with E-state index in [9.17, 15) is 0 Å². The number of nitrogens with one attached hydrogen (secondary N) is 1. The van der Waals surface area contributed by atoms with E-state index in [1.165, 1.54) is 0 Å². The van der Waals surface area contributed by atoms with Gasteiger partial charge in [-0.1, -0.05) is 22.8 Å². The van der Waals surface area contributed by atoms with Gasteiger partial charge in [-0.05, 0) is 25.1 Å². The molecule has 5 rings (SSSR count). The molecule has 146 valence electrons. The SMILES string of the molecule is CCn1nc(NC2CN3C2CN3c2nnc(C)o2)nc1Oc1cccc(Cl)c1. The summed E-state index contributed by atoms with van der Waals surface area (Å²) >= 11 is 6.02. The molecular formula is C17H19ClN8O2. The molecule has 3 aromatic rings. The number of aromatic nitrogens is 5. The van der Waals surface area contributed by atoms with Gasteiger partial charge in [-0.15, -0.1) is 10.2 Å². The van der Waals surface area contributed by atoms with Crippen LogP contribution in [0.5, 0.6) is 11.8 Å². The summed E-state index contributed by atoms with van der Waals surface area (Å²) in [7, 11) is 0. The highest BCUT2D eigenvalue weighted by atomic mass is 35.5. The maximum Gasteiger partial charge on any atom is 0.333 e. The zero-order chi connectivity index (χ0) is 19.3. The Morgan fingerprint density at radius 3 is 2.89 bits per heavy atom. The fourth-order valence-corrected chi connectivity index (χ4v) is 3.59. The van der Waals surface area contributed by atoms with Gasteiger partial charge in [0.25, 0.3) is 0 Å². The Kier molecular flexibility index (Phi) is 4.09. The van der Waals surface area contributed by atoms with Crippen molar-refractivity contribution in [2.45, 2.75) is 32.5 Å². The minimum Gasteiger partial charge on any atom is -0.424 e. The number of ether oxygens (including phenoxy) is 1. The average Bonchev–Trinajstić information content (AvgIpc) is 3.25. The minimum absolute atomic E-state index is 0.256. The van der Waals surface area contributed by atoms with Crippen LogP contribution in [0.1, 0.15) is 12.8 Å². The molecule has 2 saturated heterocycles. The average molecular weight is 403 g/mol. The molecule has 2 unspecified atom stereocenters. The van der Waals surface area contributed by atoms with Gasteiger partial charge in [0, 0.05) is 25.0 Å². The molecule has 1 N–H and O–H groups in total. The van der Waals surface area contributed by atoms with E-state index in [1.54, 1.807) is 23.7 Å². The molecule has 10 nitrogen and oxygen atoms in total. The van der Waals surface area contributed by atoms with Crippen LogP contribution < -0.4 is 15.1 Å². The number of aryl methyl sites for hydroxylation is 2. The predicted molar refractivity (Wildman–Crippen MR) is 102 cm³/mol. The maximum absolute atomic E-state index is 6.02. The Bertz CT molecular complexity index is 1000. The number of hydrogen-bond acceptors (Lipinski definition) is 9. The van der Waals surface area contributed by atoms with Crippen molar-refractivity contribution in [3.05, 3.63) is 35.2 Å². The normalized spacial score (nSPS) is 21.0. The summed E-state index contributed by atoms with van der Waals surface area (Å²) in [6.45, 7) is 6.06. The maximum atomic E-state index is 6.02. The van der Waals surface area contributed by atoms with Gasteiger partial charge in [-0.3, -0.25) is 5.01 Å². The Labute approximate surface area is 166 Å². The summed E-state index contributed by atoms with van der Waals surface area (Å²) in [6, 6.07) is 8.79. The predicted octanol–water partition coefficient (Wildman–Crippen LogP) is 2.34. The van der Waals surface area contributed by atoms with Gasteiger partial charge < -0.3 is 14.5 Å². The van der Waals surface area contributed by atoms with Gasteiger partial charge in [0.1, 0.15) is 5.75 Å². The Hall–Kier alpha value is -2.85. The van der Waals surface area contributed by atoms with Crippen molar-refractivity contribution in [1.29, 1.82) is 0 Å². The molecule has 0 spiro atoms. The molecular weight excluding hydrogens is 384 g/mol. The minimum atomic E-state index is 0.256. The highest BCUT2D eigenvalue weighted by Crippen LogP contribution is 2.36. The fraction of sp³-hybridized carbons (Fsp3) is 0.412. The van der Waals surface area contributed by atoms with Crippen molar-refractivity contribution in [2.75, 3.05) is 23.4 Å². The van der Waals surface area contributed by atoms with Crippen LogP contribution in [0.2, 0.25) is 5.02 Å². The highest BCUT2D eigenvalue weighted by Gasteiger charge is 2.53. The van der Waals surface area contributed by atoms with Gasteiger partial charge in [0.2, 0.25) is 11.8 Å². The number of halogens is 1. The summed E-state index contributed by atoms with van der Waals surface area (Å²) in [5, 5.41) is 20.6. The molecule has 11 heteroatoms. The molecule has 4 heterocycles. The van der Waals surface area contributed by atoms with E-state index < -0.39 is 0 Å². The Balaban J connectivity index is 1.23. The van der Waals surface area contributed by atoms with E-state index in [2.05, 4.69) is 30.6 Å². The number of rotatable bonds is 6. The zero-order valence-electron chi connectivity index (χ0n) is 15.4. The van der Waals surface area contributed by atoms with Gasteiger partial charge in [0.15, 0.2) is 0 Å². The molecule has 0 amide bonds. The first-order chi connectivity index (χ1) is 13.6. The molecule has 2 atom stereocenters. The quantitative estimate of drug-likeness (QED) is 0.666. The lowest BCUT2D eigenvalue weighted by Gasteiger charge is -2.61. The number of hydrogen-bond donors (Lipinski definition) is 1. The van der Waals surface area contributed by atoms with Crippen LogP contribution in [0.4, 0.5) is 12.0 Å². The molecule has 28 heavy (non-hydrogen) atoms. The number of anilines is 2. The number of hydrazine groups is 1. The zero-order valence-corrected chi connectivity index (χ0v) is 16.2. The van der Waals surface area contributed by atoms with Crippen LogP contribution in [-0.2, 0) is 6.54 Å². The van der Waals surface area contributed by atoms with E-state index >= 15 is 0 Å². The van der Waals surface area contributed by atoms with Crippen molar-refractivity contribution in [1.82, 2.24) is 30.0 Å². The van der Waals surface area contributed by atoms with Gasteiger partial charge in [0.05, 0.1) is 18.6 Å². The summed E-state index contributed by atoms with van der Waals surface area (Å²) in [4.78, 5) is 4.49. The summed E-state index contributed by atoms with van der Waals surface area (Å²) in [6.07, 6.45) is 0. The largest absolute Gasteiger partial charge is 0.424 e. The molecule has 2 fully saturated rings. The molecule has 0 bridgehead atoms. The standard InChI is InChI=1S/C17H19ClN8O2/c1-3-24-16(28-12-6-4-5-11(18)7-12)20-15(23-24)19-13-8-25-14(13)9-26(25)17-22-21-10(2)27-17/h4-7,13-14H,3,8-9H2,1-2H3,(H,19,23). The molecule has 2 aliphatic heterocycles. The van der Waals surface area contributed by atoms with Crippen LogP contribution >= 0.6 is 11.6 Å². The van der Waals surface area contributed by atoms with E-state index in [0.29, 0.717) is 47.2 Å². The summed E-state index contributed by atoms with van der Waals surface area (Å²) in [5.74, 6) is 1.74. The highest BCUT2D eigenvalue weighted by molar-refractivity contribution is 6.30. The van der Waals surface area contributed by atoms with Crippen LogP contribution in [0.3, 0.4) is 0 Å². The van der Waals surface area contributed by atoms with E-state index in [4.69, 9.17) is 20.8 Å². The van der Waals surface area contributed by atoms with Crippen LogP contribution in [0, 0.1) is 6.92 Å². The van der Waals surface area contributed by atoms with E-state index in [0.717, 1.165) is 13.1 Å². The first kappa shape index (κ1) is 17.3. The molecule has 0 radical (unpaired) electrons. The Morgan fingerprint density at radius 2 is 2.21 bits per heavy atom. The molecule has 0 saturated carbocycles. The fourth-order valence-electron chi connectivity index (χ4n) is 3.41. The third-order valence-corrected chi connectivity index (χ3v) is 5.13. The lowest BCUT2D eigenvalue weighted by molar-refractivity contribution is -0.0251. The van der Waals surface area contributed by atoms with Crippen LogP contribution in [-0.4, -0.2) is 55.1 Å². The smallest absolute Gasteiger partial charge is 0.333 e. The Morgan fingerprint density at radius 1 is 1.32 bits per heavy atom. The second-order valence-electron chi connectivity index (χ2n) is 6.72. The van der Waals surface area contributed by atoms with E-state index in [-0.39, 0.29) is 6.04 Å². The first-order valence-electron chi connectivity index (χ1n) is 9.09. The topological polar surface area (TPSA) is 97.4 Å². The second-order valence-corrected chi connectivity index (χ2v) is 7.16. The van der Waals surface area contributed by atoms with Crippen molar-refractivity contribution < 1.29 is 9.15 Å². The number of fused-ring (bicyclic) bond motifs is 1. The van der Waals surface area contributed by atoms with Gasteiger partial charge in [-0.2, -0.15) is 4.98 Å². The second kappa shape index (κ2) is 6.64. The lowest BCUT2D eigenvalue weighted by atomic mass is 9.94. The van der Waals surface area contributed by atoms with Crippen molar-refractivity contribution in [3.8, 4) is 11.8 Å². The van der Waals surface area contributed by atoms with Crippen LogP contribution in [0.15, 0.2) is 28.7 Å². The van der Waals surface area contributed by atoms with Crippen molar-refractivity contribution in [2.24, 2.45) is 0 Å². The number of benzene rings is 1. The monoisotopic (exact) mass is 402 g/mol. The third kappa shape index (κ3) is 2.94. The van der Waals surface area contributed by atoms with Gasteiger partial charge >= 0.3 is 12.0 Å². The molecule has 1 aromatic carbocycles. The first-order valence-corrected chi connectivity index (χ1v) is 9.47. The number of nitrogens with zero attached hydrogens (tertiary/aromatic N) is 7. The van der Waals surface area contributed by atoms with Crippen LogP contribution in [0.25, 0.3) is 0 Å². The summed E-state index contributed by atoms with van der Waals surface area (Å²) in [5.41, 5.74) is 0. The summed E-state index contributed by atoms with van der Waals surface area (Å²) < 4.78 is 13.0.